The number of thiazole rings is 1. The molecule has 0 N–H and O–H groups in total. The Bertz CT molecular complexity index is 1150. The van der Waals surface area contributed by atoms with Crippen molar-refractivity contribution in [2.75, 3.05) is 31.1 Å². The summed E-state index contributed by atoms with van der Waals surface area (Å²) in [5.74, 6) is -0.422. The first-order chi connectivity index (χ1) is 15.2. The third-order valence-electron chi connectivity index (χ3n) is 5.71. The minimum atomic E-state index is -0.306. The molecule has 1 saturated heterocycles. The molecule has 1 aliphatic heterocycles. The number of aromatic nitrogens is 1. The second-order valence-electron chi connectivity index (χ2n) is 7.68. The number of amides is 1. The molecule has 1 fully saturated rings. The standard InChI is InChI=1S/C25H22FN3OS/c26-20-11-12-21-22(17-20)31-25(27-21)29-15-13-28(14-16-29)24(30)23(18-7-3-1-4-8-18)19-9-5-2-6-10-19/h1-12,17,23H,13-16H2. The van der Waals surface area contributed by atoms with Crippen LogP contribution < -0.4 is 4.90 Å². The maximum atomic E-state index is 13.6. The Morgan fingerprint density at radius 3 is 2.10 bits per heavy atom. The summed E-state index contributed by atoms with van der Waals surface area (Å²) in [6.07, 6.45) is 0. The van der Waals surface area contributed by atoms with Crippen LogP contribution in [0.1, 0.15) is 17.0 Å². The van der Waals surface area contributed by atoms with Crippen molar-refractivity contribution in [2.24, 2.45) is 0 Å². The van der Waals surface area contributed by atoms with Crippen molar-refractivity contribution in [1.82, 2.24) is 9.88 Å². The van der Waals surface area contributed by atoms with E-state index >= 15 is 0 Å². The van der Waals surface area contributed by atoms with E-state index in [1.165, 1.54) is 23.5 Å². The summed E-state index contributed by atoms with van der Waals surface area (Å²) in [5, 5.41) is 0.885. The number of benzene rings is 3. The highest BCUT2D eigenvalue weighted by Crippen LogP contribution is 2.31. The van der Waals surface area contributed by atoms with Gasteiger partial charge >= 0.3 is 0 Å². The zero-order valence-electron chi connectivity index (χ0n) is 16.9. The summed E-state index contributed by atoms with van der Waals surface area (Å²) in [6.45, 7) is 2.70. The van der Waals surface area contributed by atoms with Crippen molar-refractivity contribution in [2.45, 2.75) is 5.92 Å². The lowest BCUT2D eigenvalue weighted by atomic mass is 9.90. The van der Waals surface area contributed by atoms with Crippen molar-refractivity contribution < 1.29 is 9.18 Å². The largest absolute Gasteiger partial charge is 0.345 e. The van der Waals surface area contributed by atoms with E-state index in [-0.39, 0.29) is 17.6 Å². The average molecular weight is 432 g/mol. The van der Waals surface area contributed by atoms with Gasteiger partial charge in [0.2, 0.25) is 5.91 Å². The molecule has 4 aromatic rings. The quantitative estimate of drug-likeness (QED) is 0.460. The first kappa shape index (κ1) is 19.7. The Morgan fingerprint density at radius 2 is 1.48 bits per heavy atom. The molecule has 3 aromatic carbocycles. The molecule has 1 amide bonds. The van der Waals surface area contributed by atoms with E-state index in [2.05, 4.69) is 9.88 Å². The Balaban J connectivity index is 1.34. The number of halogens is 1. The molecule has 31 heavy (non-hydrogen) atoms. The molecule has 0 bridgehead atoms. The summed E-state index contributed by atoms with van der Waals surface area (Å²) >= 11 is 1.50. The molecule has 5 rings (SSSR count). The number of hydrogen-bond acceptors (Lipinski definition) is 4. The smallest absolute Gasteiger partial charge is 0.234 e. The fourth-order valence-electron chi connectivity index (χ4n) is 4.09. The molecule has 6 heteroatoms. The van der Waals surface area contributed by atoms with Gasteiger partial charge in [-0.15, -0.1) is 0 Å². The number of rotatable bonds is 4. The predicted octanol–water partition coefficient (Wildman–Crippen LogP) is 4.92. The van der Waals surface area contributed by atoms with Gasteiger partial charge in [0.1, 0.15) is 5.82 Å². The molecule has 0 aliphatic carbocycles. The van der Waals surface area contributed by atoms with E-state index in [9.17, 15) is 9.18 Å². The lowest BCUT2D eigenvalue weighted by Gasteiger charge is -2.36. The van der Waals surface area contributed by atoms with Crippen LogP contribution in [0.25, 0.3) is 10.2 Å². The first-order valence-electron chi connectivity index (χ1n) is 10.4. The van der Waals surface area contributed by atoms with E-state index in [0.29, 0.717) is 26.2 Å². The average Bonchev–Trinajstić information content (AvgIpc) is 3.24. The Kier molecular flexibility index (Phi) is 5.38. The maximum Gasteiger partial charge on any atom is 0.234 e. The van der Waals surface area contributed by atoms with E-state index in [0.717, 1.165) is 26.5 Å². The lowest BCUT2D eigenvalue weighted by molar-refractivity contribution is -0.132. The van der Waals surface area contributed by atoms with Gasteiger partial charge in [0.05, 0.1) is 16.1 Å². The Morgan fingerprint density at radius 1 is 0.871 bits per heavy atom. The van der Waals surface area contributed by atoms with Crippen LogP contribution in [0.2, 0.25) is 0 Å². The van der Waals surface area contributed by atoms with Crippen LogP contribution in [-0.2, 0) is 4.79 Å². The maximum absolute atomic E-state index is 13.6. The van der Waals surface area contributed by atoms with E-state index in [1.54, 1.807) is 6.07 Å². The van der Waals surface area contributed by atoms with Crippen molar-refractivity contribution in [3.05, 3.63) is 95.8 Å². The Labute approximate surface area is 184 Å². The van der Waals surface area contributed by atoms with Gasteiger partial charge in [-0.05, 0) is 29.3 Å². The molecule has 0 spiro atoms. The van der Waals surface area contributed by atoms with Gasteiger partial charge in [-0.25, -0.2) is 9.37 Å². The van der Waals surface area contributed by atoms with E-state index in [1.807, 2.05) is 65.6 Å². The lowest BCUT2D eigenvalue weighted by Crippen LogP contribution is -2.50. The molecule has 0 unspecified atom stereocenters. The fraction of sp³-hybridized carbons (Fsp3) is 0.200. The molecule has 1 aliphatic rings. The van der Waals surface area contributed by atoms with Crippen LogP contribution in [0.5, 0.6) is 0 Å². The van der Waals surface area contributed by atoms with Crippen molar-refractivity contribution in [1.29, 1.82) is 0 Å². The number of anilines is 1. The number of hydrogen-bond donors (Lipinski definition) is 0. The van der Waals surface area contributed by atoms with E-state index < -0.39 is 0 Å². The number of piperazine rings is 1. The molecule has 0 radical (unpaired) electrons. The molecular formula is C25H22FN3OS. The van der Waals surface area contributed by atoms with Gasteiger partial charge in [-0.3, -0.25) is 4.79 Å². The van der Waals surface area contributed by atoms with Gasteiger partial charge in [-0.2, -0.15) is 0 Å². The van der Waals surface area contributed by atoms with Gasteiger partial charge in [0.15, 0.2) is 5.13 Å². The number of carbonyl (C=O) groups is 1. The first-order valence-corrected chi connectivity index (χ1v) is 11.2. The van der Waals surface area contributed by atoms with Gasteiger partial charge in [-0.1, -0.05) is 72.0 Å². The Hall–Kier alpha value is -3.25. The highest BCUT2D eigenvalue weighted by molar-refractivity contribution is 7.22. The summed E-state index contributed by atoms with van der Waals surface area (Å²) < 4.78 is 14.4. The number of nitrogens with zero attached hydrogens (tertiary/aromatic N) is 3. The second-order valence-corrected chi connectivity index (χ2v) is 8.68. The number of fused-ring (bicyclic) bond motifs is 1. The third-order valence-corrected chi connectivity index (χ3v) is 6.79. The van der Waals surface area contributed by atoms with Crippen LogP contribution in [0, 0.1) is 5.82 Å². The molecular weight excluding hydrogens is 409 g/mol. The molecule has 156 valence electrons. The summed E-state index contributed by atoms with van der Waals surface area (Å²) in [7, 11) is 0. The topological polar surface area (TPSA) is 36.4 Å². The molecule has 1 aromatic heterocycles. The molecule has 0 saturated carbocycles. The monoisotopic (exact) mass is 431 g/mol. The summed E-state index contributed by atoms with van der Waals surface area (Å²) in [4.78, 5) is 22.4. The van der Waals surface area contributed by atoms with Crippen LogP contribution in [0.3, 0.4) is 0 Å². The third kappa shape index (κ3) is 4.03. The zero-order chi connectivity index (χ0) is 21.2. The molecule has 4 nitrogen and oxygen atoms in total. The van der Waals surface area contributed by atoms with Crippen molar-refractivity contribution >= 4 is 32.6 Å². The number of carbonyl (C=O) groups excluding carboxylic acids is 1. The molecule has 2 heterocycles. The minimum absolute atomic E-state index is 0.128. The minimum Gasteiger partial charge on any atom is -0.345 e. The van der Waals surface area contributed by atoms with Gasteiger partial charge < -0.3 is 9.80 Å². The van der Waals surface area contributed by atoms with Crippen molar-refractivity contribution in [3.63, 3.8) is 0 Å². The fourth-order valence-corrected chi connectivity index (χ4v) is 5.13. The van der Waals surface area contributed by atoms with Gasteiger partial charge in [0.25, 0.3) is 0 Å². The van der Waals surface area contributed by atoms with Crippen LogP contribution in [0.4, 0.5) is 9.52 Å². The highest BCUT2D eigenvalue weighted by atomic mass is 32.1. The van der Waals surface area contributed by atoms with Crippen LogP contribution in [0.15, 0.2) is 78.9 Å². The normalized spacial score (nSPS) is 14.4. The predicted molar refractivity (Wildman–Crippen MR) is 123 cm³/mol. The highest BCUT2D eigenvalue weighted by Gasteiger charge is 2.30. The van der Waals surface area contributed by atoms with Crippen LogP contribution in [-0.4, -0.2) is 42.0 Å². The van der Waals surface area contributed by atoms with Crippen molar-refractivity contribution in [3.8, 4) is 0 Å². The second kappa shape index (κ2) is 8.47. The van der Waals surface area contributed by atoms with Gasteiger partial charge in [0, 0.05) is 26.2 Å². The summed E-state index contributed by atoms with van der Waals surface area (Å²) in [6, 6.07) is 24.6. The summed E-state index contributed by atoms with van der Waals surface area (Å²) in [5.41, 5.74) is 2.83. The zero-order valence-corrected chi connectivity index (χ0v) is 17.8. The van der Waals surface area contributed by atoms with E-state index in [4.69, 9.17) is 0 Å². The SMILES string of the molecule is O=C(C(c1ccccc1)c1ccccc1)N1CCN(c2nc3ccc(F)cc3s2)CC1. The van der Waals surface area contributed by atoms with Crippen LogP contribution >= 0.6 is 11.3 Å². The molecule has 0 atom stereocenters.